The number of aliphatic hydroxyl groups is 1. The molecule has 0 atom stereocenters. The van der Waals surface area contributed by atoms with Crippen LogP contribution in [0.5, 0.6) is 5.75 Å². The molecule has 0 aliphatic heterocycles. The second kappa shape index (κ2) is 5.01. The van der Waals surface area contributed by atoms with E-state index in [0.29, 0.717) is 0 Å². The van der Waals surface area contributed by atoms with Gasteiger partial charge in [-0.05, 0) is 43.4 Å². The van der Waals surface area contributed by atoms with Crippen LogP contribution in [-0.4, -0.2) is 18.8 Å². The summed E-state index contributed by atoms with van der Waals surface area (Å²) in [6.45, 7) is 4.35. The lowest BCUT2D eigenvalue weighted by Gasteiger charge is -2.13. The second-order valence-corrected chi connectivity index (χ2v) is 3.54. The fourth-order valence-corrected chi connectivity index (χ4v) is 1.69. The molecule has 1 rings (SSSR count). The summed E-state index contributed by atoms with van der Waals surface area (Å²) in [5.41, 5.74) is 3.62. The summed E-state index contributed by atoms with van der Waals surface area (Å²) in [6, 6.07) is 4.17. The van der Waals surface area contributed by atoms with Gasteiger partial charge in [0.1, 0.15) is 5.75 Å². The summed E-state index contributed by atoms with van der Waals surface area (Å²) >= 11 is 0. The fourth-order valence-electron chi connectivity index (χ4n) is 1.69. The summed E-state index contributed by atoms with van der Waals surface area (Å²) in [7, 11) is 1.70. The molecule has 0 aromatic heterocycles. The first-order valence-corrected chi connectivity index (χ1v) is 4.94. The maximum Gasteiger partial charge on any atom is 0.125 e. The summed E-state index contributed by atoms with van der Waals surface area (Å²) in [6.07, 6.45) is 1.67. The lowest BCUT2D eigenvalue weighted by Crippen LogP contribution is -1.99. The Morgan fingerprint density at radius 1 is 1.21 bits per heavy atom. The number of benzene rings is 1. The molecular weight excluding hydrogens is 176 g/mol. The largest absolute Gasteiger partial charge is 0.496 e. The molecule has 1 aromatic rings. The van der Waals surface area contributed by atoms with Gasteiger partial charge in [-0.15, -0.1) is 0 Å². The van der Waals surface area contributed by atoms with Crippen LogP contribution in [0.15, 0.2) is 12.1 Å². The number of hydrogen-bond donors (Lipinski definition) is 1. The van der Waals surface area contributed by atoms with Crippen molar-refractivity contribution in [2.75, 3.05) is 13.7 Å². The van der Waals surface area contributed by atoms with Crippen molar-refractivity contribution in [2.45, 2.75) is 26.7 Å². The Balaban J connectivity index is 3.03. The van der Waals surface area contributed by atoms with E-state index in [1.54, 1.807) is 7.11 Å². The van der Waals surface area contributed by atoms with Gasteiger partial charge in [-0.2, -0.15) is 0 Å². The van der Waals surface area contributed by atoms with Crippen molar-refractivity contribution < 1.29 is 9.84 Å². The highest BCUT2D eigenvalue weighted by atomic mass is 16.5. The van der Waals surface area contributed by atoms with Gasteiger partial charge >= 0.3 is 0 Å². The highest BCUT2D eigenvalue weighted by molar-refractivity contribution is 5.45. The Bertz CT molecular complexity index is 305. The SMILES string of the molecule is COc1c(C)ccc(C)c1CCCO. The molecule has 0 heterocycles. The number of rotatable bonds is 4. The minimum Gasteiger partial charge on any atom is -0.496 e. The third-order valence-electron chi connectivity index (χ3n) is 2.48. The molecule has 1 aromatic carbocycles. The summed E-state index contributed by atoms with van der Waals surface area (Å²) in [5.74, 6) is 0.971. The van der Waals surface area contributed by atoms with Crippen molar-refractivity contribution in [3.63, 3.8) is 0 Å². The first kappa shape index (κ1) is 11.1. The van der Waals surface area contributed by atoms with Crippen LogP contribution in [0.3, 0.4) is 0 Å². The quantitative estimate of drug-likeness (QED) is 0.796. The van der Waals surface area contributed by atoms with Crippen molar-refractivity contribution in [3.05, 3.63) is 28.8 Å². The number of ether oxygens (including phenoxy) is 1. The third-order valence-corrected chi connectivity index (χ3v) is 2.48. The van der Waals surface area contributed by atoms with Crippen molar-refractivity contribution >= 4 is 0 Å². The average molecular weight is 194 g/mol. The number of aryl methyl sites for hydroxylation is 2. The third kappa shape index (κ3) is 2.26. The molecule has 14 heavy (non-hydrogen) atoms. The lowest BCUT2D eigenvalue weighted by molar-refractivity contribution is 0.287. The summed E-state index contributed by atoms with van der Waals surface area (Å²) in [5, 5.41) is 8.81. The molecule has 0 saturated heterocycles. The zero-order valence-electron chi connectivity index (χ0n) is 9.13. The van der Waals surface area contributed by atoms with Crippen LogP contribution in [-0.2, 0) is 6.42 Å². The first-order chi connectivity index (χ1) is 6.70. The van der Waals surface area contributed by atoms with Gasteiger partial charge in [-0.3, -0.25) is 0 Å². The van der Waals surface area contributed by atoms with Gasteiger partial charge in [-0.1, -0.05) is 12.1 Å². The van der Waals surface area contributed by atoms with E-state index >= 15 is 0 Å². The van der Waals surface area contributed by atoms with Crippen LogP contribution in [0.1, 0.15) is 23.1 Å². The van der Waals surface area contributed by atoms with Gasteiger partial charge in [0.25, 0.3) is 0 Å². The smallest absolute Gasteiger partial charge is 0.125 e. The molecule has 2 nitrogen and oxygen atoms in total. The van der Waals surface area contributed by atoms with Gasteiger partial charge in [0, 0.05) is 6.61 Å². The van der Waals surface area contributed by atoms with Crippen LogP contribution in [0.2, 0.25) is 0 Å². The first-order valence-electron chi connectivity index (χ1n) is 4.94. The molecule has 78 valence electrons. The van der Waals surface area contributed by atoms with Gasteiger partial charge < -0.3 is 9.84 Å². The fraction of sp³-hybridized carbons (Fsp3) is 0.500. The topological polar surface area (TPSA) is 29.5 Å². The number of hydrogen-bond acceptors (Lipinski definition) is 2. The van der Waals surface area contributed by atoms with Gasteiger partial charge in [0.2, 0.25) is 0 Å². The van der Waals surface area contributed by atoms with E-state index in [9.17, 15) is 0 Å². The molecule has 0 fully saturated rings. The highest BCUT2D eigenvalue weighted by Gasteiger charge is 2.08. The summed E-state index contributed by atoms with van der Waals surface area (Å²) in [4.78, 5) is 0. The molecule has 0 bridgehead atoms. The minimum absolute atomic E-state index is 0.233. The van der Waals surface area contributed by atoms with Gasteiger partial charge in [-0.25, -0.2) is 0 Å². The van der Waals surface area contributed by atoms with Crippen molar-refractivity contribution in [1.82, 2.24) is 0 Å². The Morgan fingerprint density at radius 3 is 2.43 bits per heavy atom. The number of aliphatic hydroxyl groups excluding tert-OH is 1. The van der Waals surface area contributed by atoms with E-state index in [2.05, 4.69) is 19.1 Å². The van der Waals surface area contributed by atoms with Crippen molar-refractivity contribution in [2.24, 2.45) is 0 Å². The maximum atomic E-state index is 8.81. The lowest BCUT2D eigenvalue weighted by atomic mass is 10.00. The van der Waals surface area contributed by atoms with Gasteiger partial charge in [0.15, 0.2) is 0 Å². The minimum atomic E-state index is 0.233. The van der Waals surface area contributed by atoms with Crippen LogP contribution in [0.4, 0.5) is 0 Å². The molecule has 0 amide bonds. The molecular formula is C12H18O2. The van der Waals surface area contributed by atoms with Crippen molar-refractivity contribution in [3.8, 4) is 5.75 Å². The van der Waals surface area contributed by atoms with Crippen LogP contribution in [0.25, 0.3) is 0 Å². The second-order valence-electron chi connectivity index (χ2n) is 3.54. The molecule has 1 N–H and O–H groups in total. The van der Waals surface area contributed by atoms with Crippen LogP contribution in [0, 0.1) is 13.8 Å². The predicted octanol–water partition coefficient (Wildman–Crippen LogP) is 2.24. The Kier molecular flexibility index (Phi) is 3.96. The molecule has 2 heteroatoms. The molecule has 0 unspecified atom stereocenters. The Hall–Kier alpha value is -1.02. The zero-order chi connectivity index (χ0) is 10.6. The molecule has 0 saturated carbocycles. The van der Waals surface area contributed by atoms with Crippen LogP contribution >= 0.6 is 0 Å². The molecule has 0 aliphatic carbocycles. The molecule has 0 radical (unpaired) electrons. The van der Waals surface area contributed by atoms with E-state index in [1.165, 1.54) is 11.1 Å². The van der Waals surface area contributed by atoms with E-state index in [0.717, 1.165) is 24.2 Å². The van der Waals surface area contributed by atoms with E-state index < -0.39 is 0 Å². The molecule has 0 aliphatic rings. The van der Waals surface area contributed by atoms with E-state index in [1.807, 2.05) is 6.92 Å². The Morgan fingerprint density at radius 2 is 1.86 bits per heavy atom. The van der Waals surface area contributed by atoms with Crippen molar-refractivity contribution in [1.29, 1.82) is 0 Å². The molecule has 0 spiro atoms. The zero-order valence-corrected chi connectivity index (χ0v) is 9.13. The summed E-state index contributed by atoms with van der Waals surface area (Å²) < 4.78 is 5.37. The standard InChI is InChI=1S/C12H18O2/c1-9-6-7-10(2)12(14-3)11(9)5-4-8-13/h6-7,13H,4-5,8H2,1-3H3. The highest BCUT2D eigenvalue weighted by Crippen LogP contribution is 2.27. The van der Waals surface area contributed by atoms with Gasteiger partial charge in [0.05, 0.1) is 7.11 Å². The van der Waals surface area contributed by atoms with E-state index in [4.69, 9.17) is 9.84 Å². The predicted molar refractivity (Wildman–Crippen MR) is 57.9 cm³/mol. The Labute approximate surface area is 85.5 Å². The number of methoxy groups -OCH3 is 1. The monoisotopic (exact) mass is 194 g/mol. The van der Waals surface area contributed by atoms with Crippen LogP contribution < -0.4 is 4.74 Å². The van der Waals surface area contributed by atoms with E-state index in [-0.39, 0.29) is 6.61 Å². The normalized spacial score (nSPS) is 10.3. The average Bonchev–Trinajstić information content (AvgIpc) is 2.19. The maximum absolute atomic E-state index is 8.81.